The molecule has 0 aromatic heterocycles. The quantitative estimate of drug-likeness (QED) is 0.214. The Hall–Kier alpha value is -2.68. The summed E-state index contributed by atoms with van der Waals surface area (Å²) in [6, 6.07) is 20.9. The Morgan fingerprint density at radius 1 is 0.500 bits per heavy atom. The number of hydrogen-bond donors (Lipinski definition) is 0. The van der Waals surface area contributed by atoms with Crippen molar-refractivity contribution in [2.45, 2.75) is 159 Å². The van der Waals surface area contributed by atoms with Crippen LogP contribution in [0.15, 0.2) is 48.5 Å². The van der Waals surface area contributed by atoms with Gasteiger partial charge in [0.2, 0.25) is 0 Å². The number of hydrogen-bond acceptors (Lipinski definition) is 2. The van der Waals surface area contributed by atoms with E-state index in [4.69, 9.17) is 0 Å². The van der Waals surface area contributed by atoms with Crippen molar-refractivity contribution in [3.63, 3.8) is 0 Å². The van der Waals surface area contributed by atoms with Crippen molar-refractivity contribution in [3.8, 4) is 0 Å². The molecule has 4 aliphatic heterocycles. The molecule has 54 heavy (non-hydrogen) atoms. The molecule has 0 amide bonds. The van der Waals surface area contributed by atoms with E-state index in [-0.39, 0.29) is 21.9 Å². The Bertz CT molecular complexity index is 1990. The summed E-state index contributed by atoms with van der Waals surface area (Å²) in [6.07, 6.45) is 23.1. The summed E-state index contributed by atoms with van der Waals surface area (Å²) in [5.74, 6) is 6.64. The third kappa shape index (κ3) is 3.28. The fraction of sp³-hybridized carbons (Fsp3) is 0.647. The fourth-order valence-corrected chi connectivity index (χ4v) is 18.8. The first-order valence-corrected chi connectivity index (χ1v) is 23.3. The van der Waals surface area contributed by atoms with Gasteiger partial charge in [0.15, 0.2) is 0 Å². The van der Waals surface area contributed by atoms with Gasteiger partial charge in [0.1, 0.15) is 0 Å². The molecule has 4 heterocycles. The van der Waals surface area contributed by atoms with E-state index in [1.165, 1.54) is 108 Å². The summed E-state index contributed by atoms with van der Waals surface area (Å²) >= 11 is 0. The van der Waals surface area contributed by atoms with Gasteiger partial charge in [-0.1, -0.05) is 102 Å². The maximum Gasteiger partial charge on any atom is 0.252 e. The fourth-order valence-electron chi connectivity index (χ4n) is 18.8. The largest absolute Gasteiger partial charge is 0.335 e. The second kappa shape index (κ2) is 10.4. The predicted molar refractivity (Wildman–Crippen MR) is 226 cm³/mol. The molecule has 0 N–H and O–H groups in total. The third-order valence-electron chi connectivity index (χ3n) is 20.7. The molecule has 0 bridgehead atoms. The molecular formula is C51H63BN2. The minimum Gasteiger partial charge on any atom is -0.335 e. The third-order valence-corrected chi connectivity index (χ3v) is 20.7. The second-order valence-corrected chi connectivity index (χ2v) is 21.7. The van der Waals surface area contributed by atoms with E-state index in [0.29, 0.717) is 6.71 Å². The molecular weight excluding hydrogens is 651 g/mol. The van der Waals surface area contributed by atoms with Crippen LogP contribution < -0.4 is 26.2 Å². The molecule has 3 aromatic carbocycles. The average molecular weight is 715 g/mol. The van der Waals surface area contributed by atoms with Crippen molar-refractivity contribution in [2.24, 2.45) is 47.3 Å². The highest BCUT2D eigenvalue weighted by atomic mass is 15.3. The predicted octanol–water partition coefficient (Wildman–Crippen LogP) is 10.7. The molecule has 10 aliphatic rings. The van der Waals surface area contributed by atoms with Gasteiger partial charge in [-0.25, -0.2) is 0 Å². The summed E-state index contributed by atoms with van der Waals surface area (Å²) in [5, 5.41) is 0. The molecule has 6 aliphatic carbocycles. The minimum atomic E-state index is 0.0851. The Morgan fingerprint density at radius 3 is 1.30 bits per heavy atom. The lowest BCUT2D eigenvalue weighted by molar-refractivity contribution is -0.0770. The smallest absolute Gasteiger partial charge is 0.252 e. The summed E-state index contributed by atoms with van der Waals surface area (Å²) in [5.41, 5.74) is 16.8. The molecule has 12 unspecified atom stereocenters. The summed E-state index contributed by atoms with van der Waals surface area (Å²) < 4.78 is 0. The lowest BCUT2D eigenvalue weighted by Crippen LogP contribution is -2.72. The number of rotatable bonds is 0. The normalized spacial score (nSPS) is 44.1. The van der Waals surface area contributed by atoms with Gasteiger partial charge in [-0.15, -0.1) is 0 Å². The molecule has 3 heteroatoms. The van der Waals surface area contributed by atoms with Crippen LogP contribution in [-0.4, -0.2) is 17.8 Å². The van der Waals surface area contributed by atoms with Crippen LogP contribution in [-0.2, 0) is 10.8 Å². The highest BCUT2D eigenvalue weighted by molar-refractivity contribution is 7.00. The van der Waals surface area contributed by atoms with Crippen LogP contribution in [0, 0.1) is 54.3 Å². The maximum atomic E-state index is 3.11. The van der Waals surface area contributed by atoms with Crippen molar-refractivity contribution in [3.05, 3.63) is 65.2 Å². The molecule has 6 fully saturated rings. The van der Waals surface area contributed by atoms with E-state index in [0.717, 1.165) is 47.3 Å². The zero-order valence-electron chi connectivity index (χ0n) is 34.0. The van der Waals surface area contributed by atoms with Gasteiger partial charge in [0, 0.05) is 33.6 Å². The minimum absolute atomic E-state index is 0.0851. The monoisotopic (exact) mass is 715 g/mol. The molecule has 13 rings (SSSR count). The lowest BCUT2D eigenvalue weighted by Gasteiger charge is -2.66. The standard InChI is InChI=1S/C51H63BN2/c1-30-28-43-45-44(29-30)54-47-40(49(3)36-21-11-7-17-32(36)34-19-9-13-23-38(34)51(49,54)5)25-15-27-42(47)52(45)41-26-14-24-39-46(41)53(43)50(4)37-22-12-8-18-33(37)31-16-6-10-20-35(31)48(39,50)2/h14-15,24-29,31-38H,6-13,16-23H2,1-5H3. The van der Waals surface area contributed by atoms with Gasteiger partial charge < -0.3 is 9.80 Å². The van der Waals surface area contributed by atoms with Crippen LogP contribution in [0.1, 0.15) is 147 Å². The van der Waals surface area contributed by atoms with Gasteiger partial charge in [-0.2, -0.15) is 0 Å². The maximum absolute atomic E-state index is 3.11. The van der Waals surface area contributed by atoms with E-state index in [2.05, 4.69) is 92.9 Å². The molecule has 280 valence electrons. The van der Waals surface area contributed by atoms with Crippen LogP contribution in [0.2, 0.25) is 0 Å². The van der Waals surface area contributed by atoms with Gasteiger partial charge in [-0.05, 0) is 165 Å². The zero-order chi connectivity index (χ0) is 36.1. The number of para-hydroxylation sites is 2. The SMILES string of the molecule is Cc1cc2c3c(c1)N1c4c(cccc4C4(C)C5CCCCC5C5CCCCC5C14C)B3c1cccc3c1N2C1(C)C2CCCCC2C2CCCCC2C31C. The first kappa shape index (κ1) is 32.4. The topological polar surface area (TPSA) is 6.48 Å². The van der Waals surface area contributed by atoms with E-state index >= 15 is 0 Å². The van der Waals surface area contributed by atoms with Crippen molar-refractivity contribution in [2.75, 3.05) is 9.80 Å². The van der Waals surface area contributed by atoms with Gasteiger partial charge in [-0.3, -0.25) is 0 Å². The zero-order valence-corrected chi connectivity index (χ0v) is 34.0. The van der Waals surface area contributed by atoms with E-state index in [1.54, 1.807) is 50.3 Å². The van der Waals surface area contributed by atoms with Crippen molar-refractivity contribution < 1.29 is 0 Å². The van der Waals surface area contributed by atoms with Gasteiger partial charge in [0.05, 0.1) is 11.1 Å². The van der Waals surface area contributed by atoms with Crippen molar-refractivity contribution in [1.29, 1.82) is 0 Å². The van der Waals surface area contributed by atoms with Crippen LogP contribution in [0.4, 0.5) is 22.7 Å². The highest BCUT2D eigenvalue weighted by Gasteiger charge is 2.74. The summed E-state index contributed by atoms with van der Waals surface area (Å²) in [4.78, 5) is 6.23. The summed E-state index contributed by atoms with van der Waals surface area (Å²) in [7, 11) is 0. The first-order chi connectivity index (χ1) is 26.3. The summed E-state index contributed by atoms with van der Waals surface area (Å²) in [6.45, 7) is 14.0. The number of nitrogens with zero attached hydrogens (tertiary/aromatic N) is 2. The molecule has 12 atom stereocenters. The highest BCUT2D eigenvalue weighted by Crippen LogP contribution is 2.73. The molecule has 0 spiro atoms. The Labute approximate surface area is 326 Å². The van der Waals surface area contributed by atoms with Gasteiger partial charge >= 0.3 is 0 Å². The molecule has 0 saturated heterocycles. The van der Waals surface area contributed by atoms with Crippen LogP contribution in [0.3, 0.4) is 0 Å². The Morgan fingerprint density at radius 2 is 0.870 bits per heavy atom. The molecule has 6 saturated carbocycles. The average Bonchev–Trinajstić information content (AvgIpc) is 3.56. The number of fused-ring (bicyclic) bond motifs is 20. The number of aryl methyl sites for hydroxylation is 1. The van der Waals surface area contributed by atoms with E-state index < -0.39 is 0 Å². The van der Waals surface area contributed by atoms with Crippen LogP contribution in [0.25, 0.3) is 0 Å². The Balaban J connectivity index is 1.11. The van der Waals surface area contributed by atoms with Crippen molar-refractivity contribution in [1.82, 2.24) is 0 Å². The number of benzene rings is 3. The molecule has 0 radical (unpaired) electrons. The van der Waals surface area contributed by atoms with Crippen LogP contribution >= 0.6 is 0 Å². The Kier molecular flexibility index (Phi) is 6.26. The van der Waals surface area contributed by atoms with Gasteiger partial charge in [0.25, 0.3) is 6.71 Å². The second-order valence-electron chi connectivity index (χ2n) is 21.7. The molecule has 2 nitrogen and oxygen atoms in total. The first-order valence-electron chi connectivity index (χ1n) is 23.3. The number of anilines is 4. The lowest BCUT2D eigenvalue weighted by atomic mass is 9.33. The van der Waals surface area contributed by atoms with Crippen molar-refractivity contribution >= 4 is 45.9 Å². The van der Waals surface area contributed by atoms with E-state index in [1.807, 2.05) is 0 Å². The van der Waals surface area contributed by atoms with Crippen LogP contribution in [0.5, 0.6) is 0 Å². The molecule has 3 aromatic rings. The van der Waals surface area contributed by atoms with E-state index in [9.17, 15) is 0 Å².